The molecule has 0 atom stereocenters. The minimum absolute atomic E-state index is 0. The van der Waals surface area contributed by atoms with E-state index in [1.54, 1.807) is 18.5 Å². The summed E-state index contributed by atoms with van der Waals surface area (Å²) in [7, 11) is 0. The first-order chi connectivity index (χ1) is 12.0. The van der Waals surface area contributed by atoms with Gasteiger partial charge in [0.05, 0.1) is 17.4 Å². The van der Waals surface area contributed by atoms with Crippen LogP contribution in [0.1, 0.15) is 19.8 Å². The first kappa shape index (κ1) is 21.4. The van der Waals surface area contributed by atoms with Crippen molar-refractivity contribution in [1.82, 2.24) is 25.1 Å². The van der Waals surface area contributed by atoms with E-state index in [1.807, 2.05) is 0 Å². The van der Waals surface area contributed by atoms with Gasteiger partial charge in [0, 0.05) is 24.8 Å². The van der Waals surface area contributed by atoms with Crippen LogP contribution in [-0.2, 0) is 0 Å². The Labute approximate surface area is 173 Å². The third-order valence-electron chi connectivity index (χ3n) is 4.40. The highest BCUT2D eigenvalue weighted by Crippen LogP contribution is 2.31. The molecule has 27 heavy (non-hydrogen) atoms. The summed E-state index contributed by atoms with van der Waals surface area (Å²) in [5.41, 5.74) is 7.19. The number of aromatic amines is 1. The van der Waals surface area contributed by atoms with E-state index in [2.05, 4.69) is 37.0 Å². The van der Waals surface area contributed by atoms with Gasteiger partial charge in [-0.1, -0.05) is 11.6 Å². The highest BCUT2D eigenvalue weighted by Gasteiger charge is 2.27. The van der Waals surface area contributed by atoms with E-state index in [0.717, 1.165) is 31.7 Å². The Hall–Kier alpha value is -1.87. The lowest BCUT2D eigenvalue weighted by atomic mass is 9.91. The first-order valence-corrected chi connectivity index (χ1v) is 8.42. The summed E-state index contributed by atoms with van der Waals surface area (Å²) in [5.74, 6) is 1.54. The Kier molecular flexibility index (Phi) is 6.69. The number of aromatic nitrogens is 5. The van der Waals surface area contributed by atoms with Gasteiger partial charge in [-0.05, 0) is 25.8 Å². The number of anilines is 1. The van der Waals surface area contributed by atoms with Crippen LogP contribution < -0.4 is 15.4 Å². The molecule has 4 rings (SSSR count). The number of nitrogens with two attached hydrogens (primary N) is 1. The molecule has 1 aliphatic heterocycles. The molecule has 0 saturated carbocycles. The molecule has 0 unspecified atom stereocenters. The molecule has 3 N–H and O–H groups in total. The predicted octanol–water partition coefficient (Wildman–Crippen LogP) is 3.35. The molecule has 0 aromatic carbocycles. The Morgan fingerprint density at radius 1 is 1.26 bits per heavy atom. The highest BCUT2D eigenvalue weighted by molar-refractivity contribution is 6.32. The Morgan fingerprint density at radius 2 is 2.00 bits per heavy atom. The van der Waals surface area contributed by atoms with Crippen molar-refractivity contribution in [2.75, 3.05) is 18.0 Å². The number of ether oxygens (including phenoxy) is 1. The van der Waals surface area contributed by atoms with Gasteiger partial charge >= 0.3 is 0 Å². The van der Waals surface area contributed by atoms with Crippen LogP contribution in [0.5, 0.6) is 11.6 Å². The van der Waals surface area contributed by atoms with Crippen molar-refractivity contribution in [2.45, 2.75) is 25.3 Å². The van der Waals surface area contributed by atoms with E-state index < -0.39 is 0 Å². The minimum Gasteiger partial charge on any atom is -0.433 e. The van der Waals surface area contributed by atoms with Crippen LogP contribution in [0.3, 0.4) is 0 Å². The SMILES string of the molecule is CC1(N)CCN(c2cnc3c(Oc4cnccc4Cl)n[nH]c3n2)CC1.Cl.Cl. The van der Waals surface area contributed by atoms with Gasteiger partial charge in [-0.25, -0.2) is 9.97 Å². The largest absolute Gasteiger partial charge is 0.433 e. The molecule has 3 aromatic heterocycles. The topological polar surface area (TPSA) is 106 Å². The molecule has 8 nitrogen and oxygen atoms in total. The molecule has 0 amide bonds. The van der Waals surface area contributed by atoms with Crippen LogP contribution in [-0.4, -0.2) is 43.8 Å². The maximum absolute atomic E-state index is 6.19. The number of pyridine rings is 1. The molecule has 3 aromatic rings. The maximum atomic E-state index is 6.19. The zero-order valence-corrected chi connectivity index (χ0v) is 16.9. The maximum Gasteiger partial charge on any atom is 0.266 e. The van der Waals surface area contributed by atoms with Crippen LogP contribution in [0.2, 0.25) is 5.02 Å². The Bertz CT molecular complexity index is 908. The quantitative estimate of drug-likeness (QED) is 0.653. The molecule has 146 valence electrons. The van der Waals surface area contributed by atoms with Gasteiger partial charge in [0.15, 0.2) is 16.9 Å². The normalized spacial score (nSPS) is 15.7. The summed E-state index contributed by atoms with van der Waals surface area (Å²) in [4.78, 5) is 15.2. The number of H-pyrrole nitrogens is 1. The third-order valence-corrected chi connectivity index (χ3v) is 4.71. The van der Waals surface area contributed by atoms with E-state index in [-0.39, 0.29) is 30.4 Å². The van der Waals surface area contributed by atoms with Gasteiger partial charge in [-0.15, -0.1) is 29.9 Å². The van der Waals surface area contributed by atoms with Crippen molar-refractivity contribution in [3.8, 4) is 11.6 Å². The van der Waals surface area contributed by atoms with Crippen molar-refractivity contribution in [1.29, 1.82) is 0 Å². The number of fused-ring (bicyclic) bond motifs is 1. The molecule has 4 heterocycles. The Balaban J connectivity index is 0.00000131. The lowest BCUT2D eigenvalue weighted by molar-refractivity contribution is 0.363. The lowest BCUT2D eigenvalue weighted by Crippen LogP contribution is -2.48. The molecule has 1 fully saturated rings. The number of hydrogen-bond donors (Lipinski definition) is 2. The average Bonchev–Trinajstić information content (AvgIpc) is 2.99. The van der Waals surface area contributed by atoms with E-state index >= 15 is 0 Å². The summed E-state index contributed by atoms with van der Waals surface area (Å²) >= 11 is 6.09. The zero-order chi connectivity index (χ0) is 17.4. The van der Waals surface area contributed by atoms with Crippen LogP contribution in [0, 0.1) is 0 Å². The van der Waals surface area contributed by atoms with Crippen molar-refractivity contribution in [3.63, 3.8) is 0 Å². The fraction of sp³-hybridized carbons (Fsp3) is 0.375. The average molecular weight is 433 g/mol. The fourth-order valence-corrected chi connectivity index (χ4v) is 2.93. The summed E-state index contributed by atoms with van der Waals surface area (Å²) in [5, 5.41) is 7.46. The smallest absolute Gasteiger partial charge is 0.266 e. The van der Waals surface area contributed by atoms with Gasteiger partial charge in [-0.3, -0.25) is 10.1 Å². The third kappa shape index (κ3) is 4.52. The summed E-state index contributed by atoms with van der Waals surface area (Å²) in [6.45, 7) is 3.80. The van der Waals surface area contributed by atoms with Crippen LogP contribution >= 0.6 is 36.4 Å². The number of nitrogens with one attached hydrogen (secondary N) is 1. The molecular weight excluding hydrogens is 413 g/mol. The predicted molar refractivity (Wildman–Crippen MR) is 110 cm³/mol. The summed E-state index contributed by atoms with van der Waals surface area (Å²) in [6, 6.07) is 1.65. The summed E-state index contributed by atoms with van der Waals surface area (Å²) in [6.07, 6.45) is 6.69. The zero-order valence-electron chi connectivity index (χ0n) is 14.6. The number of piperidine rings is 1. The standard InChI is InChI=1S/C16H18ClN7O.2ClH/c1-16(18)3-6-24(7-4-16)12-9-20-13-14(21-12)22-23-15(13)25-11-8-19-5-2-10(11)17;;/h2,5,8-9H,3-4,6-7,18H2,1H3,(H,21,22,23);2*1H. The van der Waals surface area contributed by atoms with Crippen molar-refractivity contribution >= 4 is 53.4 Å². The van der Waals surface area contributed by atoms with E-state index in [1.165, 1.54) is 6.20 Å². The monoisotopic (exact) mass is 431 g/mol. The van der Waals surface area contributed by atoms with E-state index in [4.69, 9.17) is 22.1 Å². The highest BCUT2D eigenvalue weighted by atomic mass is 35.5. The molecule has 11 heteroatoms. The molecule has 0 radical (unpaired) electrons. The lowest BCUT2D eigenvalue weighted by Gasteiger charge is -2.37. The van der Waals surface area contributed by atoms with Gasteiger partial charge < -0.3 is 15.4 Å². The first-order valence-electron chi connectivity index (χ1n) is 8.04. The second-order valence-electron chi connectivity index (χ2n) is 6.50. The molecule has 0 spiro atoms. The molecular formula is C16H20Cl3N7O. The van der Waals surface area contributed by atoms with E-state index in [9.17, 15) is 0 Å². The van der Waals surface area contributed by atoms with E-state index in [0.29, 0.717) is 27.8 Å². The minimum atomic E-state index is -0.105. The van der Waals surface area contributed by atoms with Gasteiger partial charge in [0.2, 0.25) is 0 Å². The molecule has 1 aliphatic rings. The van der Waals surface area contributed by atoms with Crippen LogP contribution in [0.15, 0.2) is 24.7 Å². The summed E-state index contributed by atoms with van der Waals surface area (Å²) < 4.78 is 5.71. The Morgan fingerprint density at radius 3 is 2.70 bits per heavy atom. The second-order valence-corrected chi connectivity index (χ2v) is 6.91. The van der Waals surface area contributed by atoms with Crippen molar-refractivity contribution in [2.24, 2.45) is 5.73 Å². The van der Waals surface area contributed by atoms with Crippen LogP contribution in [0.4, 0.5) is 5.82 Å². The van der Waals surface area contributed by atoms with Crippen LogP contribution in [0.25, 0.3) is 11.2 Å². The van der Waals surface area contributed by atoms with Gasteiger partial charge in [-0.2, -0.15) is 0 Å². The number of nitrogens with zero attached hydrogens (tertiary/aromatic N) is 5. The van der Waals surface area contributed by atoms with Crippen molar-refractivity contribution in [3.05, 3.63) is 29.7 Å². The second kappa shape index (κ2) is 8.43. The molecule has 0 aliphatic carbocycles. The fourth-order valence-electron chi connectivity index (χ4n) is 2.78. The molecule has 0 bridgehead atoms. The number of halogens is 3. The van der Waals surface area contributed by atoms with Gasteiger partial charge in [0.25, 0.3) is 5.88 Å². The van der Waals surface area contributed by atoms with Crippen molar-refractivity contribution < 1.29 is 4.74 Å². The number of hydrogen-bond acceptors (Lipinski definition) is 7. The number of rotatable bonds is 3. The van der Waals surface area contributed by atoms with Gasteiger partial charge in [0.1, 0.15) is 5.82 Å². The molecule has 1 saturated heterocycles.